The first-order chi connectivity index (χ1) is 9.30. The van der Waals surface area contributed by atoms with Crippen molar-refractivity contribution in [1.82, 2.24) is 4.90 Å². The molecule has 1 aromatic rings. The van der Waals surface area contributed by atoms with Gasteiger partial charge < -0.3 is 9.47 Å². The molecule has 0 radical (unpaired) electrons. The Morgan fingerprint density at radius 3 is 2.63 bits per heavy atom. The van der Waals surface area contributed by atoms with Crippen LogP contribution in [0.1, 0.15) is 18.4 Å². The van der Waals surface area contributed by atoms with E-state index in [2.05, 4.69) is 11.0 Å². The molecule has 4 heteroatoms. The Morgan fingerprint density at radius 2 is 2.05 bits per heavy atom. The van der Waals surface area contributed by atoms with Crippen molar-refractivity contribution in [2.45, 2.75) is 18.9 Å². The number of hydrogen-bond acceptors (Lipinski definition) is 4. The van der Waals surface area contributed by atoms with Gasteiger partial charge in [-0.05, 0) is 44.0 Å². The van der Waals surface area contributed by atoms with Gasteiger partial charge in [0.25, 0.3) is 0 Å². The summed E-state index contributed by atoms with van der Waals surface area (Å²) in [4.78, 5) is 2.46. The van der Waals surface area contributed by atoms with Gasteiger partial charge in [-0.3, -0.25) is 4.90 Å². The Labute approximate surface area is 113 Å². The van der Waals surface area contributed by atoms with Crippen molar-refractivity contribution in [3.8, 4) is 17.6 Å². The molecule has 0 spiro atoms. The average molecular weight is 258 g/mol. The number of piperidine rings is 3. The molecule has 3 aliphatic rings. The molecule has 1 unspecified atom stereocenters. The minimum atomic E-state index is 0.254. The SMILES string of the molecule is COc1cc(C#N)ccc1OC1CN2CCC1CC2. The zero-order valence-corrected chi connectivity index (χ0v) is 11.1. The number of methoxy groups -OCH3 is 1. The molecule has 0 aromatic heterocycles. The van der Waals surface area contributed by atoms with Crippen LogP contribution in [0.15, 0.2) is 18.2 Å². The molecule has 100 valence electrons. The average Bonchev–Trinajstić information content (AvgIpc) is 2.49. The Bertz CT molecular complexity index is 501. The molecule has 3 heterocycles. The van der Waals surface area contributed by atoms with Crippen LogP contribution < -0.4 is 9.47 Å². The monoisotopic (exact) mass is 258 g/mol. The van der Waals surface area contributed by atoms with Gasteiger partial charge in [-0.25, -0.2) is 0 Å². The van der Waals surface area contributed by atoms with Gasteiger partial charge in [0.15, 0.2) is 11.5 Å². The zero-order chi connectivity index (χ0) is 13.2. The van der Waals surface area contributed by atoms with Gasteiger partial charge in [0.1, 0.15) is 6.10 Å². The fourth-order valence-corrected chi connectivity index (χ4v) is 3.04. The van der Waals surface area contributed by atoms with Crippen molar-refractivity contribution >= 4 is 0 Å². The van der Waals surface area contributed by atoms with Crippen molar-refractivity contribution in [3.63, 3.8) is 0 Å². The molecule has 1 aromatic carbocycles. The highest BCUT2D eigenvalue weighted by Gasteiger charge is 2.35. The van der Waals surface area contributed by atoms with E-state index in [1.54, 1.807) is 19.2 Å². The van der Waals surface area contributed by atoms with Gasteiger partial charge in [0.05, 0.1) is 18.7 Å². The van der Waals surface area contributed by atoms with E-state index in [1.165, 1.54) is 25.9 Å². The van der Waals surface area contributed by atoms with E-state index in [1.807, 2.05) is 6.07 Å². The summed E-state index contributed by atoms with van der Waals surface area (Å²) in [6.07, 6.45) is 2.70. The van der Waals surface area contributed by atoms with E-state index in [9.17, 15) is 0 Å². The van der Waals surface area contributed by atoms with E-state index < -0.39 is 0 Å². The van der Waals surface area contributed by atoms with E-state index in [0.29, 0.717) is 17.2 Å². The maximum Gasteiger partial charge on any atom is 0.162 e. The lowest BCUT2D eigenvalue weighted by Crippen LogP contribution is -2.52. The molecule has 0 N–H and O–H groups in total. The number of rotatable bonds is 3. The van der Waals surface area contributed by atoms with E-state index in [4.69, 9.17) is 14.7 Å². The summed E-state index contributed by atoms with van der Waals surface area (Å²) in [5.74, 6) is 2.06. The topological polar surface area (TPSA) is 45.5 Å². The second-order valence-corrected chi connectivity index (χ2v) is 5.27. The molecular formula is C15H18N2O2. The molecule has 1 atom stereocenters. The van der Waals surface area contributed by atoms with Crippen LogP contribution in [0, 0.1) is 17.2 Å². The Morgan fingerprint density at radius 1 is 1.26 bits per heavy atom. The number of fused-ring (bicyclic) bond motifs is 3. The molecule has 0 saturated carbocycles. The highest BCUT2D eigenvalue weighted by Crippen LogP contribution is 2.34. The van der Waals surface area contributed by atoms with Crippen molar-refractivity contribution in [1.29, 1.82) is 5.26 Å². The lowest BCUT2D eigenvalue weighted by atomic mass is 9.86. The first-order valence-electron chi connectivity index (χ1n) is 6.77. The normalized spacial score (nSPS) is 28.7. The predicted octanol–water partition coefficient (Wildman–Crippen LogP) is 2.04. The molecule has 3 aliphatic heterocycles. The lowest BCUT2D eigenvalue weighted by Gasteiger charge is -2.44. The number of hydrogen-bond donors (Lipinski definition) is 0. The third-order valence-electron chi connectivity index (χ3n) is 4.17. The van der Waals surface area contributed by atoms with E-state index in [-0.39, 0.29) is 6.10 Å². The van der Waals surface area contributed by atoms with Crippen molar-refractivity contribution in [2.24, 2.45) is 5.92 Å². The summed E-state index contributed by atoms with van der Waals surface area (Å²) in [5.41, 5.74) is 0.595. The molecule has 2 bridgehead atoms. The van der Waals surface area contributed by atoms with E-state index in [0.717, 1.165) is 12.3 Å². The Hall–Kier alpha value is -1.73. The van der Waals surface area contributed by atoms with Crippen LogP contribution in [-0.2, 0) is 0 Å². The summed E-state index contributed by atoms with van der Waals surface area (Å²) in [6, 6.07) is 7.47. The fraction of sp³-hybridized carbons (Fsp3) is 0.533. The van der Waals surface area contributed by atoms with Crippen LogP contribution in [0.3, 0.4) is 0 Å². The number of ether oxygens (including phenoxy) is 2. The predicted molar refractivity (Wildman–Crippen MR) is 71.3 cm³/mol. The van der Waals surface area contributed by atoms with Gasteiger partial charge in [-0.15, -0.1) is 0 Å². The minimum Gasteiger partial charge on any atom is -0.493 e. The fourth-order valence-electron chi connectivity index (χ4n) is 3.04. The zero-order valence-electron chi connectivity index (χ0n) is 11.1. The Balaban J connectivity index is 1.78. The summed E-state index contributed by atoms with van der Waals surface area (Å²) in [6.45, 7) is 3.41. The lowest BCUT2D eigenvalue weighted by molar-refractivity contribution is -0.00883. The van der Waals surface area contributed by atoms with Crippen molar-refractivity contribution in [2.75, 3.05) is 26.7 Å². The second-order valence-electron chi connectivity index (χ2n) is 5.27. The summed E-state index contributed by atoms with van der Waals surface area (Å²) < 4.78 is 11.5. The molecule has 3 fully saturated rings. The molecular weight excluding hydrogens is 240 g/mol. The first-order valence-corrected chi connectivity index (χ1v) is 6.77. The highest BCUT2D eigenvalue weighted by atomic mass is 16.5. The third-order valence-corrected chi connectivity index (χ3v) is 4.17. The van der Waals surface area contributed by atoms with E-state index >= 15 is 0 Å². The van der Waals surface area contributed by atoms with Gasteiger partial charge in [-0.2, -0.15) is 5.26 Å². The first kappa shape index (κ1) is 12.3. The number of benzene rings is 1. The number of nitrogens with zero attached hydrogens (tertiary/aromatic N) is 2. The summed E-state index contributed by atoms with van der Waals surface area (Å²) >= 11 is 0. The smallest absolute Gasteiger partial charge is 0.162 e. The molecule has 4 rings (SSSR count). The highest BCUT2D eigenvalue weighted by molar-refractivity contribution is 5.46. The van der Waals surface area contributed by atoms with Gasteiger partial charge in [0, 0.05) is 12.6 Å². The van der Waals surface area contributed by atoms with Crippen LogP contribution in [0.5, 0.6) is 11.5 Å². The van der Waals surface area contributed by atoms with Gasteiger partial charge in [-0.1, -0.05) is 0 Å². The Kier molecular flexibility index (Phi) is 3.31. The quantitative estimate of drug-likeness (QED) is 0.832. The van der Waals surface area contributed by atoms with Crippen LogP contribution in [0.4, 0.5) is 0 Å². The standard InChI is InChI=1S/C15H18N2O2/c1-18-14-8-11(9-16)2-3-13(14)19-15-10-17-6-4-12(15)5-7-17/h2-3,8,12,15H,4-7,10H2,1H3. The minimum absolute atomic E-state index is 0.254. The molecule has 4 nitrogen and oxygen atoms in total. The van der Waals surface area contributed by atoms with Crippen LogP contribution in [-0.4, -0.2) is 37.7 Å². The van der Waals surface area contributed by atoms with Gasteiger partial charge >= 0.3 is 0 Å². The van der Waals surface area contributed by atoms with Crippen LogP contribution in [0.2, 0.25) is 0 Å². The van der Waals surface area contributed by atoms with Gasteiger partial charge in [0.2, 0.25) is 0 Å². The van der Waals surface area contributed by atoms with Crippen LogP contribution >= 0.6 is 0 Å². The van der Waals surface area contributed by atoms with Crippen molar-refractivity contribution in [3.05, 3.63) is 23.8 Å². The molecule has 3 saturated heterocycles. The van der Waals surface area contributed by atoms with Crippen molar-refractivity contribution < 1.29 is 9.47 Å². The molecule has 0 aliphatic carbocycles. The number of nitriles is 1. The molecule has 0 amide bonds. The molecule has 19 heavy (non-hydrogen) atoms. The summed E-state index contributed by atoms with van der Waals surface area (Å²) in [5, 5.41) is 8.90. The second kappa shape index (κ2) is 5.10. The summed E-state index contributed by atoms with van der Waals surface area (Å²) in [7, 11) is 1.61. The largest absolute Gasteiger partial charge is 0.493 e. The maximum absolute atomic E-state index is 8.90. The van der Waals surface area contributed by atoms with Crippen LogP contribution in [0.25, 0.3) is 0 Å². The maximum atomic E-state index is 8.90. The third kappa shape index (κ3) is 2.39.